The molecule has 0 spiro atoms. The molecule has 1 N–H and O–H groups in total. The first kappa shape index (κ1) is 17.9. The number of thiazole rings is 1. The summed E-state index contributed by atoms with van der Waals surface area (Å²) >= 11 is 1.42. The van der Waals surface area contributed by atoms with Gasteiger partial charge < -0.3 is 19.1 Å². The Bertz CT molecular complexity index is 1160. The normalized spacial score (nSPS) is 17.2. The predicted octanol–water partition coefficient (Wildman–Crippen LogP) is 3.71. The van der Waals surface area contributed by atoms with Gasteiger partial charge in [0.2, 0.25) is 6.23 Å². The second-order valence-corrected chi connectivity index (χ2v) is 8.12. The van der Waals surface area contributed by atoms with E-state index in [2.05, 4.69) is 4.98 Å². The Hall–Kier alpha value is -3.13. The lowest BCUT2D eigenvalue weighted by molar-refractivity contribution is 0.0693. The van der Waals surface area contributed by atoms with Crippen molar-refractivity contribution in [2.45, 2.75) is 26.0 Å². The van der Waals surface area contributed by atoms with E-state index in [9.17, 15) is 14.7 Å². The van der Waals surface area contributed by atoms with Crippen LogP contribution in [0.25, 0.3) is 11.3 Å². The van der Waals surface area contributed by atoms with Crippen LogP contribution in [0.5, 0.6) is 11.5 Å². The van der Waals surface area contributed by atoms with Crippen LogP contribution in [0.1, 0.15) is 40.7 Å². The lowest BCUT2D eigenvalue weighted by Crippen LogP contribution is -2.28. The molecular formula is C21H18N2O5S. The third-order valence-electron chi connectivity index (χ3n) is 5.23. The van der Waals surface area contributed by atoms with Crippen LogP contribution in [0.15, 0.2) is 40.1 Å². The maximum atomic E-state index is 12.4. The van der Waals surface area contributed by atoms with E-state index in [1.165, 1.54) is 36.4 Å². The van der Waals surface area contributed by atoms with Crippen LogP contribution in [-0.2, 0) is 0 Å². The quantitative estimate of drug-likeness (QED) is 0.690. The van der Waals surface area contributed by atoms with Gasteiger partial charge in [-0.15, -0.1) is 11.3 Å². The van der Waals surface area contributed by atoms with Crippen LogP contribution in [0.2, 0.25) is 0 Å². The molecule has 5 rings (SSSR count). The molecule has 1 fully saturated rings. The fourth-order valence-corrected chi connectivity index (χ4v) is 4.02. The highest BCUT2D eigenvalue weighted by atomic mass is 32.1. The number of nitrogens with zero attached hydrogens (tertiary/aromatic N) is 2. The molecule has 1 saturated carbocycles. The zero-order chi connectivity index (χ0) is 20.1. The molecule has 0 amide bonds. The van der Waals surface area contributed by atoms with Gasteiger partial charge in [-0.2, -0.15) is 0 Å². The standard InChI is InChI=1S/C21H18N2O5S/c1-11-4-13-16-5-17(24)14(21(25)26)7-23(16)20(15-9-29-10-22-15)28-19(13)6-18(11)27-8-12-2-3-12/h4-7,9-10,12,20H,2-3,8H2,1H3,(H,25,26). The summed E-state index contributed by atoms with van der Waals surface area (Å²) in [6.45, 7) is 2.64. The fraction of sp³-hybridized carbons (Fsp3) is 0.286. The summed E-state index contributed by atoms with van der Waals surface area (Å²) < 4.78 is 13.9. The Morgan fingerprint density at radius 1 is 1.38 bits per heavy atom. The molecule has 148 valence electrons. The highest BCUT2D eigenvalue weighted by molar-refractivity contribution is 7.07. The smallest absolute Gasteiger partial charge is 0.341 e. The van der Waals surface area contributed by atoms with Crippen LogP contribution >= 0.6 is 11.3 Å². The van der Waals surface area contributed by atoms with Gasteiger partial charge in [-0.05, 0) is 37.3 Å². The van der Waals surface area contributed by atoms with Gasteiger partial charge in [0, 0.05) is 29.3 Å². The van der Waals surface area contributed by atoms with Gasteiger partial charge in [0.15, 0.2) is 5.43 Å². The van der Waals surface area contributed by atoms with E-state index in [4.69, 9.17) is 9.47 Å². The largest absolute Gasteiger partial charge is 0.493 e. The Morgan fingerprint density at radius 3 is 2.90 bits per heavy atom. The van der Waals surface area contributed by atoms with Gasteiger partial charge >= 0.3 is 5.97 Å². The molecule has 1 aliphatic carbocycles. The number of benzene rings is 1. The molecule has 7 nitrogen and oxygen atoms in total. The number of rotatable bonds is 5. The summed E-state index contributed by atoms with van der Waals surface area (Å²) in [6, 6.07) is 5.13. The van der Waals surface area contributed by atoms with Crippen molar-refractivity contribution in [3.63, 3.8) is 0 Å². The number of hydrogen-bond donors (Lipinski definition) is 1. The molecule has 3 aromatic rings. The summed E-state index contributed by atoms with van der Waals surface area (Å²) in [5.41, 5.74) is 3.73. The van der Waals surface area contributed by atoms with Crippen molar-refractivity contribution >= 4 is 17.3 Å². The monoisotopic (exact) mass is 410 g/mol. The van der Waals surface area contributed by atoms with E-state index in [0.717, 1.165) is 16.9 Å². The molecule has 1 aliphatic heterocycles. The van der Waals surface area contributed by atoms with E-state index in [1.807, 2.05) is 24.4 Å². The van der Waals surface area contributed by atoms with Gasteiger partial charge in [0.25, 0.3) is 0 Å². The van der Waals surface area contributed by atoms with Crippen molar-refractivity contribution < 1.29 is 19.4 Å². The molecule has 0 saturated heterocycles. The Balaban J connectivity index is 1.66. The van der Waals surface area contributed by atoms with Crippen molar-refractivity contribution in [2.75, 3.05) is 6.61 Å². The minimum atomic E-state index is -1.27. The van der Waals surface area contributed by atoms with Gasteiger partial charge in [-0.3, -0.25) is 4.79 Å². The number of fused-ring (bicyclic) bond motifs is 3. The van der Waals surface area contributed by atoms with E-state index in [-0.39, 0.29) is 5.56 Å². The second-order valence-electron chi connectivity index (χ2n) is 7.40. The zero-order valence-corrected chi connectivity index (χ0v) is 16.4. The van der Waals surface area contributed by atoms with Crippen LogP contribution in [0.3, 0.4) is 0 Å². The van der Waals surface area contributed by atoms with Crippen LogP contribution in [0, 0.1) is 12.8 Å². The number of aromatic carboxylic acids is 1. The Morgan fingerprint density at radius 2 is 2.21 bits per heavy atom. The van der Waals surface area contributed by atoms with Gasteiger partial charge in [-0.25, -0.2) is 9.78 Å². The Labute approximate surface area is 170 Å². The topological polar surface area (TPSA) is 90.7 Å². The second kappa shape index (κ2) is 6.73. The number of carbonyl (C=O) groups is 1. The third-order valence-corrected chi connectivity index (χ3v) is 5.83. The van der Waals surface area contributed by atoms with Crippen molar-refractivity contribution in [1.29, 1.82) is 0 Å². The number of aryl methyl sites for hydroxylation is 1. The lowest BCUT2D eigenvalue weighted by atomic mass is 10.0. The number of aromatic nitrogens is 2. The molecule has 2 aliphatic rings. The summed E-state index contributed by atoms with van der Waals surface area (Å²) in [6.07, 6.45) is 3.07. The van der Waals surface area contributed by atoms with Crippen molar-refractivity contribution in [3.05, 3.63) is 62.3 Å². The van der Waals surface area contributed by atoms with Crippen LogP contribution in [-0.4, -0.2) is 27.2 Å². The fourth-order valence-electron chi connectivity index (χ4n) is 3.46. The first-order valence-electron chi connectivity index (χ1n) is 9.33. The average Bonchev–Trinajstić information content (AvgIpc) is 3.36. The first-order chi connectivity index (χ1) is 14.0. The third kappa shape index (κ3) is 3.19. The minimum absolute atomic E-state index is 0.304. The molecule has 29 heavy (non-hydrogen) atoms. The molecule has 1 aromatic carbocycles. The molecule has 3 heterocycles. The molecule has 1 unspecified atom stereocenters. The van der Waals surface area contributed by atoms with Gasteiger partial charge in [0.05, 0.1) is 17.8 Å². The first-order valence-corrected chi connectivity index (χ1v) is 10.3. The summed E-state index contributed by atoms with van der Waals surface area (Å²) in [4.78, 5) is 28.2. The van der Waals surface area contributed by atoms with Crippen molar-refractivity contribution in [2.24, 2.45) is 5.92 Å². The molecule has 1 atom stereocenters. The van der Waals surface area contributed by atoms with Crippen molar-refractivity contribution in [1.82, 2.24) is 9.55 Å². The average molecular weight is 410 g/mol. The predicted molar refractivity (Wildman–Crippen MR) is 107 cm³/mol. The van der Waals surface area contributed by atoms with Crippen LogP contribution in [0.4, 0.5) is 0 Å². The van der Waals surface area contributed by atoms with E-state index in [0.29, 0.717) is 29.7 Å². The highest BCUT2D eigenvalue weighted by Gasteiger charge is 2.30. The summed E-state index contributed by atoms with van der Waals surface area (Å²) in [7, 11) is 0. The molecule has 0 bridgehead atoms. The van der Waals surface area contributed by atoms with Gasteiger partial charge in [-0.1, -0.05) is 0 Å². The molecule has 0 radical (unpaired) electrons. The maximum absolute atomic E-state index is 12.4. The molecule has 2 aromatic heterocycles. The van der Waals surface area contributed by atoms with Crippen LogP contribution < -0.4 is 14.9 Å². The minimum Gasteiger partial charge on any atom is -0.493 e. The summed E-state index contributed by atoms with van der Waals surface area (Å²) in [5, 5.41) is 11.2. The van der Waals surface area contributed by atoms with Crippen molar-refractivity contribution in [3.8, 4) is 22.8 Å². The highest BCUT2D eigenvalue weighted by Crippen LogP contribution is 2.43. The number of carboxylic acids is 1. The number of pyridine rings is 1. The van der Waals surface area contributed by atoms with E-state index >= 15 is 0 Å². The van der Waals surface area contributed by atoms with Gasteiger partial charge in [0.1, 0.15) is 22.8 Å². The Kier molecular flexibility index (Phi) is 4.16. The lowest BCUT2D eigenvalue weighted by Gasteiger charge is -2.31. The van der Waals surface area contributed by atoms with E-state index in [1.54, 1.807) is 10.1 Å². The SMILES string of the molecule is Cc1cc2c(cc1OCC1CC1)OC(c1cscn1)n1cc(C(=O)O)c(=O)cc1-2. The maximum Gasteiger partial charge on any atom is 0.341 e. The summed E-state index contributed by atoms with van der Waals surface area (Å²) in [5.74, 6) is 0.698. The number of hydrogen-bond acceptors (Lipinski definition) is 6. The number of carboxylic acid groups (broad SMARTS) is 1. The zero-order valence-electron chi connectivity index (χ0n) is 15.6. The molecule has 8 heteroatoms. The van der Waals surface area contributed by atoms with E-state index < -0.39 is 17.6 Å². The number of ether oxygens (including phenoxy) is 2. The molecular weight excluding hydrogens is 392 g/mol.